The van der Waals surface area contributed by atoms with Crippen molar-refractivity contribution in [3.63, 3.8) is 0 Å². The maximum Gasteiger partial charge on any atom is 0.343 e. The fourth-order valence-corrected chi connectivity index (χ4v) is 3.94. The van der Waals surface area contributed by atoms with E-state index >= 15 is 0 Å². The second-order valence-electron chi connectivity index (χ2n) is 6.22. The minimum absolute atomic E-state index is 0.230. The monoisotopic (exact) mass is 490 g/mol. The summed E-state index contributed by atoms with van der Waals surface area (Å²) in [5.41, 5.74) is 2.63. The first-order valence-electron chi connectivity index (χ1n) is 8.83. The number of amides is 1. The molecule has 0 unspecified atom stereocenters. The first-order chi connectivity index (χ1) is 14.4. The summed E-state index contributed by atoms with van der Waals surface area (Å²) in [6.45, 7) is 1.75. The average Bonchev–Trinajstić information content (AvgIpc) is 3.06. The molecule has 0 aliphatic carbocycles. The van der Waals surface area contributed by atoms with Crippen LogP contribution in [0.2, 0.25) is 0 Å². The molecule has 7 nitrogen and oxygen atoms in total. The number of esters is 1. The van der Waals surface area contributed by atoms with Crippen LogP contribution in [0.1, 0.15) is 11.1 Å². The Morgan fingerprint density at radius 1 is 1.23 bits per heavy atom. The van der Waals surface area contributed by atoms with Gasteiger partial charge in [0.15, 0.2) is 23.3 Å². The minimum atomic E-state index is -0.505. The van der Waals surface area contributed by atoms with E-state index in [4.69, 9.17) is 9.47 Å². The van der Waals surface area contributed by atoms with Crippen molar-refractivity contribution >= 4 is 56.5 Å². The summed E-state index contributed by atoms with van der Waals surface area (Å²) >= 11 is 4.68. The van der Waals surface area contributed by atoms with Crippen LogP contribution in [0.5, 0.6) is 11.5 Å². The van der Waals surface area contributed by atoms with Crippen LogP contribution >= 0.6 is 27.7 Å². The van der Waals surface area contributed by atoms with Gasteiger partial charge in [-0.05, 0) is 70.5 Å². The zero-order valence-electron chi connectivity index (χ0n) is 16.5. The van der Waals surface area contributed by atoms with Crippen molar-refractivity contribution in [2.45, 2.75) is 6.92 Å². The van der Waals surface area contributed by atoms with Gasteiger partial charge in [0.25, 0.3) is 5.91 Å². The lowest BCUT2D eigenvalue weighted by atomic mass is 10.2. The van der Waals surface area contributed by atoms with E-state index in [1.807, 2.05) is 31.2 Å². The molecule has 1 amide bonds. The van der Waals surface area contributed by atoms with E-state index in [2.05, 4.69) is 31.0 Å². The second-order valence-corrected chi connectivity index (χ2v) is 8.10. The van der Waals surface area contributed by atoms with E-state index in [-0.39, 0.29) is 12.5 Å². The van der Waals surface area contributed by atoms with Gasteiger partial charge in [0.2, 0.25) is 0 Å². The number of nitrogens with one attached hydrogen (secondary N) is 1. The van der Waals surface area contributed by atoms with Gasteiger partial charge in [-0.1, -0.05) is 17.7 Å². The summed E-state index contributed by atoms with van der Waals surface area (Å²) < 4.78 is 16.0. The number of carbonyl (C=O) groups excluding carboxylic acids is 2. The van der Waals surface area contributed by atoms with Gasteiger partial charge in [-0.25, -0.2) is 9.79 Å². The summed E-state index contributed by atoms with van der Waals surface area (Å²) in [6, 6.07) is 11.2. The molecule has 0 aromatic heterocycles. The van der Waals surface area contributed by atoms with Crippen molar-refractivity contribution in [1.29, 1.82) is 0 Å². The predicted octanol–water partition coefficient (Wildman–Crippen LogP) is 4.21. The molecule has 1 heterocycles. The van der Waals surface area contributed by atoms with Gasteiger partial charge in [0, 0.05) is 0 Å². The molecule has 1 aliphatic heterocycles. The number of amidine groups is 1. The first kappa shape index (κ1) is 21.9. The van der Waals surface area contributed by atoms with Crippen molar-refractivity contribution in [3.05, 3.63) is 56.9 Å². The molecule has 2 aromatic rings. The van der Waals surface area contributed by atoms with Gasteiger partial charge in [0.05, 0.1) is 29.3 Å². The third-order valence-corrected chi connectivity index (χ3v) is 5.53. The third kappa shape index (κ3) is 5.43. The van der Waals surface area contributed by atoms with Crippen molar-refractivity contribution < 1.29 is 23.8 Å². The van der Waals surface area contributed by atoms with Crippen LogP contribution in [0.4, 0.5) is 5.69 Å². The number of halogens is 1. The fraction of sp³-hybridized carbons (Fsp3) is 0.190. The van der Waals surface area contributed by atoms with Crippen LogP contribution in [0.15, 0.2) is 50.8 Å². The van der Waals surface area contributed by atoms with Crippen molar-refractivity contribution in [3.8, 4) is 11.5 Å². The van der Waals surface area contributed by atoms with Crippen molar-refractivity contribution in [2.24, 2.45) is 4.99 Å². The Morgan fingerprint density at radius 2 is 1.97 bits per heavy atom. The highest BCUT2D eigenvalue weighted by Crippen LogP contribution is 2.38. The van der Waals surface area contributed by atoms with Gasteiger partial charge >= 0.3 is 5.97 Å². The van der Waals surface area contributed by atoms with E-state index in [9.17, 15) is 9.59 Å². The molecule has 3 rings (SSSR count). The number of aliphatic imine (C=N–C) groups is 1. The Balaban J connectivity index is 1.82. The summed E-state index contributed by atoms with van der Waals surface area (Å²) in [5.74, 6) is 0.0498. The Bertz CT molecular complexity index is 1030. The van der Waals surface area contributed by atoms with Crippen molar-refractivity contribution in [1.82, 2.24) is 5.32 Å². The lowest BCUT2D eigenvalue weighted by Gasteiger charge is -2.12. The second kappa shape index (κ2) is 9.82. The van der Waals surface area contributed by atoms with Crippen LogP contribution in [-0.2, 0) is 14.3 Å². The molecule has 1 N–H and O–H groups in total. The van der Waals surface area contributed by atoms with Crippen LogP contribution in [0, 0.1) is 6.92 Å². The standard InChI is InChI=1S/C21H19BrN2O5S/c1-12-4-6-14(7-5-12)23-21-24-20(26)17(30-21)10-13-8-15(22)19(16(9-13)27-2)29-11-18(25)28-3/h4-10H,11H2,1-3H3,(H,23,24,26)/b17-10+. The molecule has 0 spiro atoms. The lowest BCUT2D eigenvalue weighted by Crippen LogP contribution is -2.19. The van der Waals surface area contributed by atoms with E-state index in [0.29, 0.717) is 26.0 Å². The van der Waals surface area contributed by atoms with E-state index < -0.39 is 5.97 Å². The van der Waals surface area contributed by atoms with Gasteiger partial charge in [-0.2, -0.15) is 0 Å². The van der Waals surface area contributed by atoms with E-state index in [1.54, 1.807) is 18.2 Å². The molecule has 1 aliphatic rings. The number of aryl methyl sites for hydroxylation is 1. The number of hydrogen-bond acceptors (Lipinski definition) is 7. The quantitative estimate of drug-likeness (QED) is 0.482. The SMILES string of the molecule is COC(=O)COc1c(Br)cc(/C=C2/SC(=Nc3ccc(C)cc3)NC2=O)cc1OC. The summed E-state index contributed by atoms with van der Waals surface area (Å²) in [6.07, 6.45) is 1.73. The molecular formula is C21H19BrN2O5S. The zero-order valence-corrected chi connectivity index (χ0v) is 18.9. The highest BCUT2D eigenvalue weighted by molar-refractivity contribution is 9.10. The molecule has 1 fully saturated rings. The Hall–Kier alpha value is -2.78. The zero-order chi connectivity index (χ0) is 21.7. The van der Waals surface area contributed by atoms with Gasteiger partial charge < -0.3 is 19.5 Å². The maximum atomic E-state index is 12.4. The van der Waals surface area contributed by atoms with Crippen LogP contribution in [0.25, 0.3) is 6.08 Å². The van der Waals surface area contributed by atoms with Crippen LogP contribution in [-0.4, -0.2) is 37.9 Å². The summed E-state index contributed by atoms with van der Waals surface area (Å²) in [4.78, 5) is 28.6. The van der Waals surface area contributed by atoms with E-state index in [0.717, 1.165) is 16.8 Å². The molecule has 0 radical (unpaired) electrons. The van der Waals surface area contributed by atoms with Gasteiger partial charge in [0.1, 0.15) is 0 Å². The minimum Gasteiger partial charge on any atom is -0.493 e. The average molecular weight is 491 g/mol. The molecule has 9 heteroatoms. The molecule has 0 bridgehead atoms. The van der Waals surface area contributed by atoms with E-state index in [1.165, 1.54) is 26.0 Å². The highest BCUT2D eigenvalue weighted by atomic mass is 79.9. The van der Waals surface area contributed by atoms with Gasteiger partial charge in [-0.3, -0.25) is 4.79 Å². The number of ether oxygens (including phenoxy) is 3. The first-order valence-corrected chi connectivity index (χ1v) is 10.4. The number of carbonyl (C=O) groups is 2. The Kier molecular flexibility index (Phi) is 7.17. The molecule has 1 saturated heterocycles. The molecule has 2 aromatic carbocycles. The summed E-state index contributed by atoms with van der Waals surface area (Å²) in [7, 11) is 2.78. The normalized spacial score (nSPS) is 15.9. The molecule has 156 valence electrons. The maximum absolute atomic E-state index is 12.4. The largest absolute Gasteiger partial charge is 0.493 e. The van der Waals surface area contributed by atoms with Gasteiger partial charge in [-0.15, -0.1) is 0 Å². The molecule has 0 atom stereocenters. The predicted molar refractivity (Wildman–Crippen MR) is 120 cm³/mol. The topological polar surface area (TPSA) is 86.2 Å². The van der Waals surface area contributed by atoms with Crippen LogP contribution < -0.4 is 14.8 Å². The van der Waals surface area contributed by atoms with Crippen LogP contribution in [0.3, 0.4) is 0 Å². The van der Waals surface area contributed by atoms with Crippen molar-refractivity contribution in [2.75, 3.05) is 20.8 Å². The Morgan fingerprint density at radius 3 is 2.63 bits per heavy atom. The number of methoxy groups -OCH3 is 2. The number of rotatable bonds is 6. The molecule has 0 saturated carbocycles. The molecular weight excluding hydrogens is 472 g/mol. The highest BCUT2D eigenvalue weighted by Gasteiger charge is 2.24. The smallest absolute Gasteiger partial charge is 0.343 e. The Labute approximate surface area is 186 Å². The molecule has 30 heavy (non-hydrogen) atoms. The summed E-state index contributed by atoms with van der Waals surface area (Å²) in [5, 5.41) is 3.28. The third-order valence-electron chi connectivity index (χ3n) is 4.03. The lowest BCUT2D eigenvalue weighted by molar-refractivity contribution is -0.142. The number of thioether (sulfide) groups is 1. The number of nitrogens with zero attached hydrogens (tertiary/aromatic N) is 1. The number of hydrogen-bond donors (Lipinski definition) is 1. The number of benzene rings is 2. The fourth-order valence-electron chi connectivity index (χ4n) is 2.52.